The number of ether oxygens (including phenoxy) is 2. The zero-order valence-electron chi connectivity index (χ0n) is 16.3. The van der Waals surface area contributed by atoms with E-state index in [1.165, 1.54) is 5.56 Å². The molecule has 3 rings (SSSR count). The van der Waals surface area contributed by atoms with Crippen LogP contribution in [0.1, 0.15) is 5.56 Å². The number of hydrogen-bond donors (Lipinski definition) is 2. The van der Waals surface area contributed by atoms with Crippen LogP contribution in [0.3, 0.4) is 0 Å². The number of rotatable bonds is 10. The van der Waals surface area contributed by atoms with E-state index < -0.39 is 0 Å². The Morgan fingerprint density at radius 1 is 0.857 bits per heavy atom. The summed E-state index contributed by atoms with van der Waals surface area (Å²) in [6.45, 7) is 2.02. The minimum atomic E-state index is 0.588. The second-order valence-electron chi connectivity index (χ2n) is 6.27. The zero-order chi connectivity index (χ0) is 19.6. The molecule has 0 aliphatic heterocycles. The predicted molar refractivity (Wildman–Crippen MR) is 113 cm³/mol. The summed E-state index contributed by atoms with van der Waals surface area (Å²) in [7, 11) is 3.35. The van der Waals surface area contributed by atoms with Gasteiger partial charge in [0.25, 0.3) is 0 Å². The lowest BCUT2D eigenvalue weighted by atomic mass is 10.1. The Bertz CT molecular complexity index is 854. The molecule has 146 valence electrons. The Morgan fingerprint density at radius 3 is 2.36 bits per heavy atom. The van der Waals surface area contributed by atoms with Gasteiger partial charge in [-0.2, -0.15) is 4.98 Å². The van der Waals surface area contributed by atoms with Crippen molar-refractivity contribution >= 4 is 11.8 Å². The predicted octanol–water partition coefficient (Wildman–Crippen LogP) is 3.87. The van der Waals surface area contributed by atoms with Crippen LogP contribution in [0.25, 0.3) is 11.3 Å². The number of hydrogen-bond acceptors (Lipinski definition) is 6. The molecule has 1 aromatic heterocycles. The smallest absolute Gasteiger partial charge is 0.225 e. The van der Waals surface area contributed by atoms with Crippen molar-refractivity contribution in [1.29, 1.82) is 0 Å². The highest BCUT2D eigenvalue weighted by Gasteiger charge is 2.07. The minimum Gasteiger partial charge on any atom is -0.497 e. The van der Waals surface area contributed by atoms with Crippen LogP contribution in [0.5, 0.6) is 5.75 Å². The summed E-state index contributed by atoms with van der Waals surface area (Å²) < 4.78 is 10.3. The summed E-state index contributed by atoms with van der Waals surface area (Å²) in [5.41, 5.74) is 3.17. The van der Waals surface area contributed by atoms with Gasteiger partial charge in [-0.1, -0.05) is 42.5 Å². The highest BCUT2D eigenvalue weighted by atomic mass is 16.5. The van der Waals surface area contributed by atoms with Crippen molar-refractivity contribution in [3.05, 3.63) is 66.2 Å². The molecule has 0 aliphatic rings. The molecule has 1 heterocycles. The van der Waals surface area contributed by atoms with Crippen LogP contribution in [0.15, 0.2) is 60.7 Å². The van der Waals surface area contributed by atoms with Crippen molar-refractivity contribution in [1.82, 2.24) is 9.97 Å². The summed E-state index contributed by atoms with van der Waals surface area (Å²) >= 11 is 0. The van der Waals surface area contributed by atoms with Gasteiger partial charge < -0.3 is 20.1 Å². The summed E-state index contributed by atoms with van der Waals surface area (Å²) in [5.74, 6) is 2.25. The topological polar surface area (TPSA) is 68.3 Å². The maximum Gasteiger partial charge on any atom is 0.225 e. The number of nitrogens with one attached hydrogen (secondary N) is 2. The largest absolute Gasteiger partial charge is 0.497 e. The Kier molecular flexibility index (Phi) is 7.21. The molecule has 2 N–H and O–H groups in total. The maximum absolute atomic E-state index is 5.20. The van der Waals surface area contributed by atoms with Crippen molar-refractivity contribution in [2.75, 3.05) is 44.5 Å². The van der Waals surface area contributed by atoms with Gasteiger partial charge >= 0.3 is 0 Å². The molecule has 0 amide bonds. The molecule has 0 fully saturated rings. The first-order chi connectivity index (χ1) is 13.8. The van der Waals surface area contributed by atoms with E-state index in [4.69, 9.17) is 9.47 Å². The lowest BCUT2D eigenvalue weighted by Crippen LogP contribution is -2.13. The number of benzene rings is 2. The quantitative estimate of drug-likeness (QED) is 0.522. The zero-order valence-corrected chi connectivity index (χ0v) is 16.3. The van der Waals surface area contributed by atoms with Gasteiger partial charge in [-0.15, -0.1) is 0 Å². The van der Waals surface area contributed by atoms with E-state index in [1.807, 2.05) is 48.5 Å². The average molecular weight is 378 g/mol. The van der Waals surface area contributed by atoms with Crippen LogP contribution in [0, 0.1) is 0 Å². The van der Waals surface area contributed by atoms with E-state index in [9.17, 15) is 0 Å². The fourth-order valence-corrected chi connectivity index (χ4v) is 2.77. The van der Waals surface area contributed by atoms with E-state index in [0.717, 1.165) is 35.8 Å². The van der Waals surface area contributed by atoms with Crippen molar-refractivity contribution in [3.8, 4) is 17.0 Å². The Balaban J connectivity index is 1.69. The van der Waals surface area contributed by atoms with Crippen LogP contribution in [-0.2, 0) is 11.2 Å². The Labute approximate surface area is 166 Å². The molecule has 0 saturated carbocycles. The van der Waals surface area contributed by atoms with Crippen molar-refractivity contribution in [3.63, 3.8) is 0 Å². The van der Waals surface area contributed by atoms with Crippen molar-refractivity contribution < 1.29 is 9.47 Å². The molecule has 0 aliphatic carbocycles. The number of nitrogens with zero attached hydrogens (tertiary/aromatic N) is 2. The fraction of sp³-hybridized carbons (Fsp3) is 0.273. The van der Waals surface area contributed by atoms with Crippen LogP contribution in [-0.4, -0.2) is 43.9 Å². The third-order valence-corrected chi connectivity index (χ3v) is 4.26. The van der Waals surface area contributed by atoms with E-state index in [-0.39, 0.29) is 0 Å². The maximum atomic E-state index is 5.20. The van der Waals surface area contributed by atoms with Crippen LogP contribution in [0.4, 0.5) is 11.8 Å². The first kappa shape index (κ1) is 19.6. The molecular formula is C22H26N4O2. The monoisotopic (exact) mass is 378 g/mol. The van der Waals surface area contributed by atoms with Crippen LogP contribution < -0.4 is 15.4 Å². The number of methoxy groups -OCH3 is 2. The second-order valence-corrected chi connectivity index (χ2v) is 6.27. The Morgan fingerprint density at radius 2 is 1.64 bits per heavy atom. The highest BCUT2D eigenvalue weighted by molar-refractivity contribution is 5.64. The normalized spacial score (nSPS) is 10.5. The molecule has 6 nitrogen and oxygen atoms in total. The summed E-state index contributed by atoms with van der Waals surface area (Å²) in [4.78, 5) is 9.21. The molecule has 28 heavy (non-hydrogen) atoms. The molecule has 0 radical (unpaired) electrons. The molecule has 3 aromatic rings. The van der Waals surface area contributed by atoms with Gasteiger partial charge in [-0.3, -0.25) is 0 Å². The standard InChI is InChI=1S/C22H26N4O2/c1-27-15-14-24-22-25-20(18-6-4-3-5-7-18)16-21(26-22)23-13-12-17-8-10-19(28-2)11-9-17/h3-11,16H,12-15H2,1-2H3,(H2,23,24,25,26). The first-order valence-electron chi connectivity index (χ1n) is 9.32. The molecule has 0 unspecified atom stereocenters. The lowest BCUT2D eigenvalue weighted by molar-refractivity contribution is 0.210. The molecule has 0 spiro atoms. The van der Waals surface area contributed by atoms with Gasteiger partial charge in [0.2, 0.25) is 5.95 Å². The van der Waals surface area contributed by atoms with E-state index in [2.05, 4.69) is 32.7 Å². The minimum absolute atomic E-state index is 0.588. The number of anilines is 2. The van der Waals surface area contributed by atoms with Crippen LogP contribution >= 0.6 is 0 Å². The lowest BCUT2D eigenvalue weighted by Gasteiger charge is -2.11. The number of aromatic nitrogens is 2. The second kappa shape index (κ2) is 10.3. The van der Waals surface area contributed by atoms with Crippen molar-refractivity contribution in [2.45, 2.75) is 6.42 Å². The molecule has 6 heteroatoms. The van der Waals surface area contributed by atoms with Gasteiger partial charge in [0, 0.05) is 31.8 Å². The summed E-state index contributed by atoms with van der Waals surface area (Å²) in [5, 5.41) is 6.62. The molecule has 0 atom stereocenters. The molecule has 0 bridgehead atoms. The average Bonchev–Trinajstić information content (AvgIpc) is 2.75. The Hall–Kier alpha value is -3.12. The van der Waals surface area contributed by atoms with Crippen LogP contribution in [0.2, 0.25) is 0 Å². The van der Waals surface area contributed by atoms with E-state index in [0.29, 0.717) is 19.1 Å². The third-order valence-electron chi connectivity index (χ3n) is 4.26. The molecule has 0 saturated heterocycles. The summed E-state index contributed by atoms with van der Waals surface area (Å²) in [6.07, 6.45) is 0.890. The van der Waals surface area contributed by atoms with E-state index >= 15 is 0 Å². The highest BCUT2D eigenvalue weighted by Crippen LogP contribution is 2.21. The SMILES string of the molecule is COCCNc1nc(NCCc2ccc(OC)cc2)cc(-c2ccccc2)n1. The van der Waals surface area contributed by atoms with Gasteiger partial charge in [0.1, 0.15) is 11.6 Å². The van der Waals surface area contributed by atoms with Gasteiger partial charge in [0.15, 0.2) is 0 Å². The van der Waals surface area contributed by atoms with Gasteiger partial charge in [0.05, 0.1) is 19.4 Å². The van der Waals surface area contributed by atoms with E-state index in [1.54, 1.807) is 14.2 Å². The van der Waals surface area contributed by atoms with Gasteiger partial charge in [-0.05, 0) is 24.1 Å². The molecular weight excluding hydrogens is 352 g/mol. The summed E-state index contributed by atoms with van der Waals surface area (Å²) in [6, 6.07) is 20.2. The van der Waals surface area contributed by atoms with Gasteiger partial charge in [-0.25, -0.2) is 4.98 Å². The third kappa shape index (κ3) is 5.69. The first-order valence-corrected chi connectivity index (χ1v) is 9.32. The van der Waals surface area contributed by atoms with Crippen molar-refractivity contribution in [2.24, 2.45) is 0 Å². The molecule has 2 aromatic carbocycles. The fourth-order valence-electron chi connectivity index (χ4n) is 2.77.